The van der Waals surface area contributed by atoms with E-state index < -0.39 is 5.97 Å². The van der Waals surface area contributed by atoms with Gasteiger partial charge in [0.1, 0.15) is 0 Å². The molecule has 0 heterocycles. The van der Waals surface area contributed by atoms with Gasteiger partial charge in [-0.05, 0) is 48.9 Å². The normalized spacial score (nSPS) is 10.3. The van der Waals surface area contributed by atoms with Gasteiger partial charge in [-0.2, -0.15) is 0 Å². The van der Waals surface area contributed by atoms with Crippen molar-refractivity contribution in [3.05, 3.63) is 58.6 Å². The monoisotopic (exact) mass is 278 g/mol. The van der Waals surface area contributed by atoms with Crippen molar-refractivity contribution >= 4 is 29.3 Å². The molecule has 0 atom stereocenters. The van der Waals surface area contributed by atoms with Crippen LogP contribution in [0.2, 0.25) is 5.02 Å². The second-order valence-electron chi connectivity index (χ2n) is 3.86. The molecular formula is C14H11ClO2S. The lowest BCUT2D eigenvalue weighted by Gasteiger charge is -2.07. The maximum absolute atomic E-state index is 11.1. The van der Waals surface area contributed by atoms with E-state index in [2.05, 4.69) is 0 Å². The number of carbonyl (C=O) groups is 1. The Morgan fingerprint density at radius 3 is 2.44 bits per heavy atom. The molecule has 0 saturated carbocycles. The minimum Gasteiger partial charge on any atom is -0.478 e. The number of hydrogen-bond donors (Lipinski definition) is 1. The molecule has 1 N–H and O–H groups in total. The molecule has 4 heteroatoms. The average molecular weight is 279 g/mol. The van der Waals surface area contributed by atoms with E-state index >= 15 is 0 Å². The lowest BCUT2D eigenvalue weighted by atomic mass is 10.1. The van der Waals surface area contributed by atoms with Gasteiger partial charge in [0, 0.05) is 14.8 Å². The molecular weight excluding hydrogens is 268 g/mol. The Morgan fingerprint density at radius 1 is 1.17 bits per heavy atom. The van der Waals surface area contributed by atoms with E-state index in [4.69, 9.17) is 16.7 Å². The van der Waals surface area contributed by atoms with Crippen molar-refractivity contribution in [3.63, 3.8) is 0 Å². The molecule has 0 amide bonds. The molecule has 18 heavy (non-hydrogen) atoms. The van der Waals surface area contributed by atoms with Gasteiger partial charge in [-0.3, -0.25) is 0 Å². The summed E-state index contributed by atoms with van der Waals surface area (Å²) < 4.78 is 0. The van der Waals surface area contributed by atoms with Crippen LogP contribution in [0, 0.1) is 6.92 Å². The number of carboxylic acid groups (broad SMARTS) is 1. The van der Waals surface area contributed by atoms with Crippen molar-refractivity contribution < 1.29 is 9.90 Å². The van der Waals surface area contributed by atoms with E-state index in [1.807, 2.05) is 25.1 Å². The first kappa shape index (κ1) is 13.0. The minimum absolute atomic E-state index is 0.320. The van der Waals surface area contributed by atoms with Crippen LogP contribution in [0.1, 0.15) is 15.9 Å². The van der Waals surface area contributed by atoms with Gasteiger partial charge in [0.15, 0.2) is 0 Å². The molecule has 92 valence electrons. The van der Waals surface area contributed by atoms with Gasteiger partial charge in [-0.1, -0.05) is 29.4 Å². The van der Waals surface area contributed by atoms with Crippen molar-refractivity contribution in [2.75, 3.05) is 0 Å². The molecule has 2 nitrogen and oxygen atoms in total. The number of halogens is 1. The molecule has 0 bridgehead atoms. The first-order valence-corrected chi connectivity index (χ1v) is 6.53. The predicted octanol–water partition coefficient (Wildman–Crippen LogP) is 4.50. The van der Waals surface area contributed by atoms with Gasteiger partial charge in [-0.15, -0.1) is 0 Å². The highest BCUT2D eigenvalue weighted by Gasteiger charge is 2.11. The molecule has 2 rings (SSSR count). The molecule has 0 aliphatic heterocycles. The molecule has 0 aliphatic rings. The second kappa shape index (κ2) is 5.46. The van der Waals surface area contributed by atoms with E-state index in [9.17, 15) is 4.79 Å². The predicted molar refractivity (Wildman–Crippen MR) is 73.7 cm³/mol. The zero-order valence-corrected chi connectivity index (χ0v) is 11.3. The number of benzene rings is 2. The van der Waals surface area contributed by atoms with E-state index in [1.54, 1.807) is 24.3 Å². The van der Waals surface area contributed by atoms with Crippen LogP contribution < -0.4 is 0 Å². The molecule has 0 aliphatic carbocycles. The molecule has 2 aromatic rings. The molecule has 0 fully saturated rings. The molecule has 0 aromatic heterocycles. The van der Waals surface area contributed by atoms with Gasteiger partial charge in [0.2, 0.25) is 0 Å². The zero-order valence-electron chi connectivity index (χ0n) is 9.68. The second-order valence-corrected chi connectivity index (χ2v) is 5.41. The first-order chi connectivity index (χ1) is 8.56. The highest BCUT2D eigenvalue weighted by molar-refractivity contribution is 7.99. The lowest BCUT2D eigenvalue weighted by molar-refractivity contribution is 0.0693. The van der Waals surface area contributed by atoms with Gasteiger partial charge in [-0.25, -0.2) is 4.79 Å². The van der Waals surface area contributed by atoms with E-state index in [1.165, 1.54) is 11.8 Å². The number of aryl methyl sites for hydroxylation is 1. The summed E-state index contributed by atoms with van der Waals surface area (Å²) in [6, 6.07) is 12.6. The van der Waals surface area contributed by atoms with Crippen molar-refractivity contribution in [2.45, 2.75) is 16.7 Å². The van der Waals surface area contributed by atoms with Crippen molar-refractivity contribution in [3.8, 4) is 0 Å². The van der Waals surface area contributed by atoms with E-state index in [-0.39, 0.29) is 0 Å². The van der Waals surface area contributed by atoms with Crippen molar-refractivity contribution in [1.29, 1.82) is 0 Å². The van der Waals surface area contributed by atoms with Crippen molar-refractivity contribution in [1.82, 2.24) is 0 Å². The van der Waals surface area contributed by atoms with Crippen LogP contribution in [-0.4, -0.2) is 11.1 Å². The summed E-state index contributed by atoms with van der Waals surface area (Å²) in [4.78, 5) is 12.8. The summed E-state index contributed by atoms with van der Waals surface area (Å²) in [7, 11) is 0. The highest BCUT2D eigenvalue weighted by Crippen LogP contribution is 2.31. The Hall–Kier alpha value is -1.45. The fourth-order valence-corrected chi connectivity index (χ4v) is 2.68. The maximum atomic E-state index is 11.1. The van der Waals surface area contributed by atoms with Gasteiger partial charge < -0.3 is 5.11 Å². The zero-order chi connectivity index (χ0) is 13.1. The Kier molecular flexibility index (Phi) is 3.94. The fraction of sp³-hybridized carbons (Fsp3) is 0.0714. The maximum Gasteiger partial charge on any atom is 0.336 e. The SMILES string of the molecule is Cc1ccc(C(=O)O)c(Sc2ccc(Cl)cc2)c1. The van der Waals surface area contributed by atoms with E-state index in [0.717, 1.165) is 15.4 Å². The Labute approximate surface area is 115 Å². The van der Waals surface area contributed by atoms with Crippen LogP contribution in [0.15, 0.2) is 52.3 Å². The Morgan fingerprint density at radius 2 is 1.83 bits per heavy atom. The van der Waals surface area contributed by atoms with E-state index in [0.29, 0.717) is 10.6 Å². The first-order valence-electron chi connectivity index (χ1n) is 5.33. The molecule has 0 unspecified atom stereocenters. The summed E-state index contributed by atoms with van der Waals surface area (Å²) in [5.41, 5.74) is 1.36. The van der Waals surface area contributed by atoms with Crippen LogP contribution in [0.3, 0.4) is 0 Å². The van der Waals surface area contributed by atoms with Gasteiger partial charge >= 0.3 is 5.97 Å². The van der Waals surface area contributed by atoms with Crippen LogP contribution in [0.25, 0.3) is 0 Å². The number of hydrogen-bond acceptors (Lipinski definition) is 2. The number of aromatic carboxylic acids is 1. The number of rotatable bonds is 3. The quantitative estimate of drug-likeness (QED) is 0.898. The molecule has 0 spiro atoms. The largest absolute Gasteiger partial charge is 0.478 e. The molecule has 0 saturated heterocycles. The Balaban J connectivity index is 2.35. The smallest absolute Gasteiger partial charge is 0.336 e. The summed E-state index contributed by atoms with van der Waals surface area (Å²) >= 11 is 7.24. The summed E-state index contributed by atoms with van der Waals surface area (Å²) in [6.07, 6.45) is 0. The van der Waals surface area contributed by atoms with Crippen molar-refractivity contribution in [2.24, 2.45) is 0 Å². The lowest BCUT2D eigenvalue weighted by Crippen LogP contribution is -1.98. The number of carboxylic acids is 1. The average Bonchev–Trinajstić information content (AvgIpc) is 2.32. The third-order valence-electron chi connectivity index (χ3n) is 2.41. The Bertz CT molecular complexity index is 579. The summed E-state index contributed by atoms with van der Waals surface area (Å²) in [5, 5.41) is 9.81. The van der Waals surface area contributed by atoms with Crippen LogP contribution in [0.5, 0.6) is 0 Å². The van der Waals surface area contributed by atoms with Crippen LogP contribution in [-0.2, 0) is 0 Å². The molecule has 0 radical (unpaired) electrons. The highest BCUT2D eigenvalue weighted by atomic mass is 35.5. The summed E-state index contributed by atoms with van der Waals surface area (Å²) in [5.74, 6) is -0.911. The molecule has 2 aromatic carbocycles. The van der Waals surface area contributed by atoms with Gasteiger partial charge in [0.25, 0.3) is 0 Å². The minimum atomic E-state index is -0.911. The van der Waals surface area contributed by atoms with Crippen LogP contribution in [0.4, 0.5) is 0 Å². The topological polar surface area (TPSA) is 37.3 Å². The standard InChI is InChI=1S/C14H11ClO2S/c1-9-2-7-12(14(16)17)13(8-9)18-11-5-3-10(15)4-6-11/h2-8H,1H3,(H,16,17). The third-order valence-corrected chi connectivity index (χ3v) is 3.73. The van der Waals surface area contributed by atoms with Gasteiger partial charge in [0.05, 0.1) is 5.56 Å². The fourth-order valence-electron chi connectivity index (χ4n) is 1.52. The van der Waals surface area contributed by atoms with Crippen LogP contribution >= 0.6 is 23.4 Å². The summed E-state index contributed by atoms with van der Waals surface area (Å²) in [6.45, 7) is 1.94. The third kappa shape index (κ3) is 3.06.